The van der Waals surface area contributed by atoms with Crippen molar-refractivity contribution in [3.8, 4) is 0 Å². The Balaban J connectivity index is 0.00000134. The van der Waals surface area contributed by atoms with Gasteiger partial charge in [-0.25, -0.2) is 5.43 Å². The lowest BCUT2D eigenvalue weighted by Gasteiger charge is -2.28. The molecule has 3 nitrogen and oxygen atoms in total. The number of hydrogen-bond donors (Lipinski definition) is 1. The second-order valence-electron chi connectivity index (χ2n) is 5.79. The molecule has 0 saturated heterocycles. The van der Waals surface area contributed by atoms with Gasteiger partial charge in [-0.1, -0.05) is 60.0 Å². The standard InChI is InChI=1S/C17H28N2OS.2C2H6/c1-5-6-7-8-14(3)20-12-15-10-9-13(2)19-16(15)11-17(18-19)21-4;2*1-2/h9-11,14,17-18H,5-8,12H2,1-4H3;2*1-2H3. The van der Waals surface area contributed by atoms with Crippen LogP contribution in [0.4, 0.5) is 0 Å². The van der Waals surface area contributed by atoms with Crippen LogP contribution < -0.4 is 5.43 Å². The first-order valence-corrected chi connectivity index (χ1v) is 11.2. The number of unbranched alkanes of at least 4 members (excludes halogenated alkanes) is 2. The van der Waals surface area contributed by atoms with Crippen LogP contribution in [-0.4, -0.2) is 29.3 Å². The minimum absolute atomic E-state index is 0.337. The molecule has 0 saturated carbocycles. The number of hydrazine groups is 1. The van der Waals surface area contributed by atoms with Gasteiger partial charge in [0.25, 0.3) is 0 Å². The zero-order chi connectivity index (χ0) is 19.2. The summed E-state index contributed by atoms with van der Waals surface area (Å²) in [7, 11) is 0. The van der Waals surface area contributed by atoms with Gasteiger partial charge in [0, 0.05) is 11.3 Å². The summed E-state index contributed by atoms with van der Waals surface area (Å²) in [4.78, 5) is 0. The maximum atomic E-state index is 6.04. The number of allylic oxidation sites excluding steroid dienone is 3. The van der Waals surface area contributed by atoms with Crippen molar-refractivity contribution in [2.75, 3.05) is 12.9 Å². The number of rotatable bonds is 8. The molecule has 0 fully saturated rings. The van der Waals surface area contributed by atoms with Gasteiger partial charge in [-0.15, -0.1) is 11.8 Å². The van der Waals surface area contributed by atoms with Crippen LogP contribution in [0.5, 0.6) is 0 Å². The molecule has 0 aromatic rings. The minimum Gasteiger partial charge on any atom is -0.374 e. The van der Waals surface area contributed by atoms with Crippen LogP contribution in [0, 0.1) is 0 Å². The average Bonchev–Trinajstić information content (AvgIpc) is 3.10. The molecule has 146 valence electrons. The Morgan fingerprint density at radius 1 is 1.20 bits per heavy atom. The van der Waals surface area contributed by atoms with E-state index in [1.165, 1.54) is 36.2 Å². The summed E-state index contributed by atoms with van der Waals surface area (Å²) in [6.07, 6.45) is 14.1. The zero-order valence-corrected chi connectivity index (χ0v) is 18.5. The van der Waals surface area contributed by atoms with Crippen molar-refractivity contribution in [1.82, 2.24) is 10.4 Å². The molecule has 0 aromatic carbocycles. The summed E-state index contributed by atoms with van der Waals surface area (Å²) in [6, 6.07) is 0. The molecule has 1 N–H and O–H groups in total. The lowest BCUT2D eigenvalue weighted by atomic mass is 10.1. The van der Waals surface area contributed by atoms with Crippen LogP contribution in [0.15, 0.2) is 35.2 Å². The Morgan fingerprint density at radius 3 is 2.48 bits per heavy atom. The Kier molecular flexibility index (Phi) is 14.0. The quantitative estimate of drug-likeness (QED) is 0.511. The fourth-order valence-corrected chi connectivity index (χ4v) is 3.09. The minimum atomic E-state index is 0.337. The molecule has 2 rings (SSSR count). The summed E-state index contributed by atoms with van der Waals surface area (Å²) in [5.74, 6) is 0. The molecule has 2 unspecified atom stereocenters. The van der Waals surface area contributed by atoms with E-state index < -0.39 is 0 Å². The van der Waals surface area contributed by atoms with Crippen molar-refractivity contribution in [1.29, 1.82) is 0 Å². The summed E-state index contributed by atoms with van der Waals surface area (Å²) in [5.41, 5.74) is 7.25. The van der Waals surface area contributed by atoms with Crippen molar-refractivity contribution >= 4 is 11.8 Å². The molecule has 25 heavy (non-hydrogen) atoms. The number of thioether (sulfide) groups is 1. The van der Waals surface area contributed by atoms with E-state index in [1.54, 1.807) is 0 Å². The summed E-state index contributed by atoms with van der Waals surface area (Å²) >= 11 is 1.82. The van der Waals surface area contributed by atoms with Crippen molar-refractivity contribution in [2.45, 2.75) is 85.6 Å². The van der Waals surface area contributed by atoms with Gasteiger partial charge >= 0.3 is 0 Å². The molecule has 4 heteroatoms. The van der Waals surface area contributed by atoms with E-state index in [1.807, 2.05) is 39.5 Å². The molecule has 0 amide bonds. The molecule has 0 aromatic heterocycles. The van der Waals surface area contributed by atoms with Crippen LogP contribution in [0.25, 0.3) is 0 Å². The fraction of sp³-hybridized carbons (Fsp3) is 0.714. The molecule has 2 aliphatic rings. The molecular weight excluding hydrogens is 328 g/mol. The Hall–Kier alpha value is -0.710. The second kappa shape index (κ2) is 14.5. The van der Waals surface area contributed by atoms with Crippen LogP contribution >= 0.6 is 11.8 Å². The van der Waals surface area contributed by atoms with E-state index >= 15 is 0 Å². The van der Waals surface area contributed by atoms with Gasteiger partial charge in [-0.05, 0) is 38.7 Å². The van der Waals surface area contributed by atoms with Gasteiger partial charge in [-0.2, -0.15) is 0 Å². The van der Waals surface area contributed by atoms with Gasteiger partial charge in [0.2, 0.25) is 0 Å². The molecule has 0 aliphatic carbocycles. The third-order valence-electron chi connectivity index (χ3n) is 4.01. The van der Waals surface area contributed by atoms with E-state index in [-0.39, 0.29) is 0 Å². The largest absolute Gasteiger partial charge is 0.374 e. The van der Waals surface area contributed by atoms with E-state index in [2.05, 4.69) is 55.7 Å². The van der Waals surface area contributed by atoms with Crippen molar-refractivity contribution < 1.29 is 4.74 Å². The van der Waals surface area contributed by atoms with Crippen LogP contribution in [0.2, 0.25) is 0 Å². The number of fused-ring (bicyclic) bond motifs is 1. The highest BCUT2D eigenvalue weighted by Gasteiger charge is 2.27. The lowest BCUT2D eigenvalue weighted by Crippen LogP contribution is -2.36. The number of hydrogen-bond acceptors (Lipinski definition) is 4. The van der Waals surface area contributed by atoms with Crippen LogP contribution in [0.3, 0.4) is 0 Å². The van der Waals surface area contributed by atoms with Crippen LogP contribution in [0.1, 0.15) is 74.1 Å². The molecule has 0 bridgehead atoms. The van der Waals surface area contributed by atoms with Gasteiger partial charge in [0.1, 0.15) is 0 Å². The highest BCUT2D eigenvalue weighted by molar-refractivity contribution is 7.99. The third-order valence-corrected chi connectivity index (χ3v) is 4.75. The smallest absolute Gasteiger partial charge is 0.0921 e. The lowest BCUT2D eigenvalue weighted by molar-refractivity contribution is 0.0744. The van der Waals surface area contributed by atoms with E-state index in [4.69, 9.17) is 4.74 Å². The topological polar surface area (TPSA) is 24.5 Å². The first-order chi connectivity index (χ1) is 12.2. The maximum Gasteiger partial charge on any atom is 0.0921 e. The van der Waals surface area contributed by atoms with Gasteiger partial charge in [-0.3, -0.25) is 5.01 Å². The number of nitrogens with zero attached hydrogens (tertiary/aromatic N) is 1. The third kappa shape index (κ3) is 8.02. The summed E-state index contributed by atoms with van der Waals surface area (Å²) in [5, 5.41) is 2.54. The summed E-state index contributed by atoms with van der Waals surface area (Å²) in [6.45, 7) is 15.3. The second-order valence-corrected chi connectivity index (χ2v) is 6.77. The summed E-state index contributed by atoms with van der Waals surface area (Å²) < 4.78 is 6.04. The van der Waals surface area contributed by atoms with E-state index in [0.29, 0.717) is 18.1 Å². The highest BCUT2D eigenvalue weighted by Crippen LogP contribution is 2.31. The molecule has 2 aliphatic heterocycles. The average molecular weight is 369 g/mol. The fourth-order valence-electron chi connectivity index (χ4n) is 2.62. The van der Waals surface area contributed by atoms with Gasteiger partial charge in [0.15, 0.2) is 0 Å². The first-order valence-electron chi connectivity index (χ1n) is 9.96. The van der Waals surface area contributed by atoms with Gasteiger partial charge < -0.3 is 4.74 Å². The molecule has 2 heterocycles. The predicted molar refractivity (Wildman–Crippen MR) is 114 cm³/mol. The Labute approximate surface area is 160 Å². The zero-order valence-electron chi connectivity index (χ0n) is 17.7. The molecule has 2 atom stereocenters. The normalized spacial score (nSPS) is 19.4. The monoisotopic (exact) mass is 368 g/mol. The van der Waals surface area contributed by atoms with Gasteiger partial charge in [0.05, 0.1) is 23.8 Å². The highest BCUT2D eigenvalue weighted by atomic mass is 32.2. The first kappa shape index (κ1) is 24.3. The number of nitrogens with one attached hydrogen (secondary N) is 1. The molecular formula is C21H40N2OS. The maximum absolute atomic E-state index is 6.04. The number of ether oxygens (including phenoxy) is 1. The molecule has 0 radical (unpaired) electrons. The van der Waals surface area contributed by atoms with E-state index in [0.717, 1.165) is 6.42 Å². The SMILES string of the molecule is CC.CC.CCCCCC(C)OCC1=CC=C(C)N2NC(SC)C=C12. The Morgan fingerprint density at radius 2 is 1.88 bits per heavy atom. The van der Waals surface area contributed by atoms with Crippen molar-refractivity contribution in [3.63, 3.8) is 0 Å². The van der Waals surface area contributed by atoms with Crippen molar-refractivity contribution in [3.05, 3.63) is 35.2 Å². The van der Waals surface area contributed by atoms with E-state index in [9.17, 15) is 0 Å². The predicted octanol–water partition coefficient (Wildman–Crippen LogP) is 6.26. The van der Waals surface area contributed by atoms with Crippen molar-refractivity contribution in [2.24, 2.45) is 0 Å². The molecule has 0 spiro atoms. The Bertz CT molecular complexity index is 443. The van der Waals surface area contributed by atoms with Crippen LogP contribution in [-0.2, 0) is 4.74 Å².